The lowest BCUT2D eigenvalue weighted by atomic mass is 10.1. The van der Waals surface area contributed by atoms with Crippen molar-refractivity contribution in [1.82, 2.24) is 0 Å². The molecule has 0 aliphatic rings. The fourth-order valence-corrected chi connectivity index (χ4v) is 3.50. The molecule has 0 aliphatic carbocycles. The number of nitrogens with zero attached hydrogens (tertiary/aromatic N) is 1. The predicted octanol–water partition coefficient (Wildman–Crippen LogP) is 7.61. The van der Waals surface area contributed by atoms with Gasteiger partial charge in [-0.3, -0.25) is 0 Å². The molecule has 0 radical (unpaired) electrons. The first kappa shape index (κ1) is 32.1. The molecule has 2 aromatic rings. The van der Waals surface area contributed by atoms with Crippen LogP contribution in [0.25, 0.3) is 0 Å². The van der Waals surface area contributed by atoms with Crippen molar-refractivity contribution in [2.75, 3.05) is 26.2 Å². The third kappa shape index (κ3) is 17.6. The van der Waals surface area contributed by atoms with E-state index >= 15 is 0 Å². The van der Waals surface area contributed by atoms with E-state index < -0.39 is 0 Å². The first-order valence-corrected chi connectivity index (χ1v) is 12.4. The van der Waals surface area contributed by atoms with E-state index in [4.69, 9.17) is 10.2 Å². The SMILES string of the molecule is CCCC[N+](CCCC)(CCCC)CCCC.Oc1ccccc1.Oc1ccccc1.[OH-]. The van der Waals surface area contributed by atoms with Crippen molar-refractivity contribution in [2.45, 2.75) is 79.1 Å². The van der Waals surface area contributed by atoms with Crippen molar-refractivity contribution in [1.29, 1.82) is 0 Å². The van der Waals surface area contributed by atoms with E-state index in [0.29, 0.717) is 11.5 Å². The third-order valence-electron chi connectivity index (χ3n) is 5.46. The molecule has 0 spiro atoms. The maximum atomic E-state index is 8.63. The molecule has 2 rings (SSSR count). The Morgan fingerprint density at radius 2 is 0.750 bits per heavy atom. The molecule has 0 heterocycles. The van der Waals surface area contributed by atoms with Gasteiger partial charge >= 0.3 is 0 Å². The molecule has 3 N–H and O–H groups in total. The number of aromatic hydroxyl groups is 2. The molecular formula is C28H49NO3. The van der Waals surface area contributed by atoms with Crippen LogP contribution in [0.3, 0.4) is 0 Å². The Morgan fingerprint density at radius 3 is 0.906 bits per heavy atom. The second-order valence-electron chi connectivity index (χ2n) is 8.32. The fraction of sp³-hybridized carbons (Fsp3) is 0.571. The zero-order valence-corrected chi connectivity index (χ0v) is 21.0. The van der Waals surface area contributed by atoms with Gasteiger partial charge in [0.1, 0.15) is 11.5 Å². The molecule has 0 aliphatic heterocycles. The first-order chi connectivity index (χ1) is 15.0. The minimum absolute atomic E-state index is 0. The standard InChI is InChI=1S/C16H36N.2C6H6O.H2O/c1-5-9-13-17(14-10-6-2,15-11-7-3)16-12-8-4;2*7-6-4-2-1-3-5-6;/h5-16H2,1-4H3;2*1-5,7H;1H2/q+1;;;/p-1. The number of rotatable bonds is 12. The van der Waals surface area contributed by atoms with E-state index in [1.165, 1.54) is 82.0 Å². The van der Waals surface area contributed by atoms with Crippen LogP contribution >= 0.6 is 0 Å². The Bertz CT molecular complexity index is 530. The number of benzene rings is 2. The molecule has 32 heavy (non-hydrogen) atoms. The highest BCUT2D eigenvalue weighted by Crippen LogP contribution is 2.16. The lowest BCUT2D eigenvalue weighted by Crippen LogP contribution is -2.50. The summed E-state index contributed by atoms with van der Waals surface area (Å²) >= 11 is 0. The molecular weight excluding hydrogens is 398 g/mol. The summed E-state index contributed by atoms with van der Waals surface area (Å²) in [4.78, 5) is 0. The van der Waals surface area contributed by atoms with Gasteiger partial charge in [-0.15, -0.1) is 0 Å². The summed E-state index contributed by atoms with van der Waals surface area (Å²) in [6, 6.07) is 17.4. The Hall–Kier alpha value is -2.04. The molecule has 0 fully saturated rings. The Balaban J connectivity index is 0. The topological polar surface area (TPSA) is 70.5 Å². The second kappa shape index (κ2) is 22.2. The van der Waals surface area contributed by atoms with Crippen LogP contribution in [0.15, 0.2) is 60.7 Å². The van der Waals surface area contributed by atoms with Gasteiger partial charge in [-0.05, 0) is 49.9 Å². The summed E-state index contributed by atoms with van der Waals surface area (Å²) in [5.41, 5.74) is 0. The highest BCUT2D eigenvalue weighted by atomic mass is 16.3. The summed E-state index contributed by atoms with van der Waals surface area (Å²) in [5.74, 6) is 0.644. The number of hydrogen-bond acceptors (Lipinski definition) is 3. The number of hydrogen-bond donors (Lipinski definition) is 2. The van der Waals surface area contributed by atoms with E-state index in [9.17, 15) is 0 Å². The summed E-state index contributed by atoms with van der Waals surface area (Å²) in [5, 5.41) is 17.3. The molecule has 0 atom stereocenters. The Kier molecular flexibility index (Phi) is 22.3. The predicted molar refractivity (Wildman–Crippen MR) is 138 cm³/mol. The first-order valence-electron chi connectivity index (χ1n) is 12.4. The summed E-state index contributed by atoms with van der Waals surface area (Å²) < 4.78 is 1.42. The minimum Gasteiger partial charge on any atom is -0.870 e. The van der Waals surface area contributed by atoms with Crippen molar-refractivity contribution in [2.24, 2.45) is 0 Å². The maximum absolute atomic E-state index is 8.63. The van der Waals surface area contributed by atoms with Crippen LogP contribution in [0, 0.1) is 0 Å². The molecule has 184 valence electrons. The highest BCUT2D eigenvalue weighted by Gasteiger charge is 2.24. The van der Waals surface area contributed by atoms with Crippen LogP contribution in [-0.2, 0) is 0 Å². The van der Waals surface area contributed by atoms with Gasteiger partial charge < -0.3 is 20.2 Å². The van der Waals surface area contributed by atoms with Gasteiger partial charge in [0.2, 0.25) is 0 Å². The van der Waals surface area contributed by atoms with Gasteiger partial charge in [-0.2, -0.15) is 0 Å². The smallest absolute Gasteiger partial charge is 0.115 e. The minimum atomic E-state index is 0. The number of unbranched alkanes of at least 4 members (excludes halogenated alkanes) is 4. The van der Waals surface area contributed by atoms with Crippen LogP contribution in [0.1, 0.15) is 79.1 Å². The van der Waals surface area contributed by atoms with Crippen molar-refractivity contribution in [3.05, 3.63) is 60.7 Å². The molecule has 0 amide bonds. The molecule has 0 bridgehead atoms. The van der Waals surface area contributed by atoms with E-state index in [2.05, 4.69) is 27.7 Å². The van der Waals surface area contributed by atoms with Crippen molar-refractivity contribution < 1.29 is 20.2 Å². The van der Waals surface area contributed by atoms with Crippen LogP contribution in [0.2, 0.25) is 0 Å². The lowest BCUT2D eigenvalue weighted by molar-refractivity contribution is -0.929. The van der Waals surface area contributed by atoms with Crippen LogP contribution in [-0.4, -0.2) is 46.4 Å². The third-order valence-corrected chi connectivity index (χ3v) is 5.46. The molecule has 0 saturated carbocycles. The largest absolute Gasteiger partial charge is 0.870 e. The van der Waals surface area contributed by atoms with Crippen molar-refractivity contribution in [3.63, 3.8) is 0 Å². The Morgan fingerprint density at radius 1 is 0.500 bits per heavy atom. The molecule has 4 nitrogen and oxygen atoms in total. The van der Waals surface area contributed by atoms with Crippen LogP contribution in [0.5, 0.6) is 11.5 Å². The molecule has 0 aromatic heterocycles. The van der Waals surface area contributed by atoms with Gasteiger partial charge in [0.15, 0.2) is 0 Å². The van der Waals surface area contributed by atoms with Gasteiger partial charge in [-0.1, -0.05) is 89.8 Å². The number of para-hydroxylation sites is 2. The van der Waals surface area contributed by atoms with Crippen molar-refractivity contribution in [3.8, 4) is 11.5 Å². The van der Waals surface area contributed by atoms with E-state index in [1.807, 2.05) is 12.1 Å². The number of quaternary nitrogens is 1. The van der Waals surface area contributed by atoms with Crippen LogP contribution < -0.4 is 0 Å². The average Bonchev–Trinajstić information content (AvgIpc) is 2.80. The average molecular weight is 448 g/mol. The highest BCUT2D eigenvalue weighted by molar-refractivity contribution is 5.19. The van der Waals surface area contributed by atoms with Gasteiger partial charge in [0.05, 0.1) is 26.2 Å². The summed E-state index contributed by atoms with van der Waals surface area (Å²) in [7, 11) is 0. The van der Waals surface area contributed by atoms with E-state index in [1.54, 1.807) is 48.5 Å². The zero-order valence-electron chi connectivity index (χ0n) is 21.0. The van der Waals surface area contributed by atoms with Gasteiger partial charge in [-0.25, -0.2) is 0 Å². The lowest BCUT2D eigenvalue weighted by Gasteiger charge is -2.39. The summed E-state index contributed by atoms with van der Waals surface area (Å²) in [6.07, 6.45) is 11.1. The molecule has 2 aromatic carbocycles. The van der Waals surface area contributed by atoms with E-state index in [0.717, 1.165) is 0 Å². The monoisotopic (exact) mass is 447 g/mol. The number of phenolic OH excluding ortho intramolecular Hbond substituents is 2. The second-order valence-corrected chi connectivity index (χ2v) is 8.32. The quantitative estimate of drug-likeness (QED) is 0.329. The van der Waals surface area contributed by atoms with Crippen molar-refractivity contribution >= 4 is 0 Å². The maximum Gasteiger partial charge on any atom is 0.115 e. The normalized spacial score (nSPS) is 10.1. The zero-order chi connectivity index (χ0) is 23.2. The van der Waals surface area contributed by atoms with Gasteiger partial charge in [0, 0.05) is 0 Å². The van der Waals surface area contributed by atoms with Crippen LogP contribution in [0.4, 0.5) is 0 Å². The molecule has 4 heteroatoms. The molecule has 0 saturated heterocycles. The van der Waals surface area contributed by atoms with Gasteiger partial charge in [0.25, 0.3) is 0 Å². The molecule has 0 unspecified atom stereocenters. The Labute approximate surface area is 197 Å². The van der Waals surface area contributed by atoms with E-state index in [-0.39, 0.29) is 5.48 Å². The number of phenols is 2. The fourth-order valence-electron chi connectivity index (χ4n) is 3.50. The summed E-state index contributed by atoms with van der Waals surface area (Å²) in [6.45, 7) is 15.0.